The number of rotatable bonds is 2. The zero-order chi connectivity index (χ0) is 19.1. The van der Waals surface area contributed by atoms with Crippen molar-refractivity contribution in [2.45, 2.75) is 19.3 Å². The molecule has 1 fully saturated rings. The minimum atomic E-state index is -0.0910. The van der Waals surface area contributed by atoms with Crippen molar-refractivity contribution in [3.8, 4) is 11.1 Å². The molecule has 0 spiro atoms. The molecule has 3 aromatic heterocycles. The number of benzene rings is 1. The monoisotopic (exact) mass is 388 g/mol. The van der Waals surface area contributed by atoms with Crippen molar-refractivity contribution >= 4 is 32.8 Å². The van der Waals surface area contributed by atoms with E-state index >= 15 is 0 Å². The molecule has 0 aliphatic carbocycles. The molecule has 5 heteroatoms. The smallest absolute Gasteiger partial charge is 0.263 e. The largest absolute Gasteiger partial charge is 0.339 e. The molecular formula is C23H20N2O2S. The van der Waals surface area contributed by atoms with Gasteiger partial charge in [0, 0.05) is 24.8 Å². The third-order valence-corrected chi connectivity index (χ3v) is 6.44. The Morgan fingerprint density at radius 1 is 0.964 bits per heavy atom. The van der Waals surface area contributed by atoms with Crippen LogP contribution in [0.15, 0.2) is 64.9 Å². The van der Waals surface area contributed by atoms with Crippen molar-refractivity contribution < 1.29 is 4.79 Å². The van der Waals surface area contributed by atoms with Crippen LogP contribution in [0.25, 0.3) is 26.7 Å². The Morgan fingerprint density at radius 3 is 2.54 bits per heavy atom. The van der Waals surface area contributed by atoms with Crippen LogP contribution in [0, 0.1) is 0 Å². The third-order valence-electron chi connectivity index (χ3n) is 5.51. The summed E-state index contributed by atoms with van der Waals surface area (Å²) in [4.78, 5) is 28.7. The van der Waals surface area contributed by atoms with Gasteiger partial charge in [0.25, 0.3) is 11.5 Å². The quantitative estimate of drug-likeness (QED) is 0.495. The summed E-state index contributed by atoms with van der Waals surface area (Å²) in [6.07, 6.45) is 5.04. The van der Waals surface area contributed by atoms with Crippen LogP contribution in [-0.2, 0) is 0 Å². The van der Waals surface area contributed by atoms with E-state index < -0.39 is 0 Å². The minimum Gasteiger partial charge on any atom is -0.339 e. The van der Waals surface area contributed by atoms with E-state index in [4.69, 9.17) is 0 Å². The molecule has 1 aromatic carbocycles. The number of hydrogen-bond donors (Lipinski definition) is 0. The van der Waals surface area contributed by atoms with Crippen molar-refractivity contribution in [2.75, 3.05) is 13.1 Å². The van der Waals surface area contributed by atoms with Crippen LogP contribution in [-0.4, -0.2) is 28.3 Å². The summed E-state index contributed by atoms with van der Waals surface area (Å²) in [5.74, 6) is 0.0234. The van der Waals surface area contributed by atoms with Crippen LogP contribution >= 0.6 is 11.3 Å². The second-order valence-corrected chi connectivity index (χ2v) is 8.15. The van der Waals surface area contributed by atoms with Gasteiger partial charge in [-0.15, -0.1) is 11.3 Å². The Balaban J connectivity index is 1.82. The van der Waals surface area contributed by atoms with Crippen molar-refractivity contribution in [1.29, 1.82) is 0 Å². The maximum Gasteiger partial charge on any atom is 0.263 e. The van der Waals surface area contributed by atoms with Gasteiger partial charge in [-0.2, -0.15) is 0 Å². The van der Waals surface area contributed by atoms with E-state index in [0.29, 0.717) is 11.1 Å². The van der Waals surface area contributed by atoms with Crippen molar-refractivity contribution in [1.82, 2.24) is 9.30 Å². The van der Waals surface area contributed by atoms with E-state index in [1.807, 2.05) is 58.8 Å². The number of carbonyl (C=O) groups excluding carboxylic acids is 1. The number of nitrogens with zero attached hydrogens (tertiary/aromatic N) is 2. The zero-order valence-electron chi connectivity index (χ0n) is 15.4. The molecule has 0 N–H and O–H groups in total. The molecule has 1 aliphatic heterocycles. The normalized spacial score (nSPS) is 14.6. The van der Waals surface area contributed by atoms with Gasteiger partial charge in [-0.25, -0.2) is 0 Å². The number of carbonyl (C=O) groups is 1. The van der Waals surface area contributed by atoms with Gasteiger partial charge in [-0.1, -0.05) is 30.3 Å². The highest BCUT2D eigenvalue weighted by atomic mass is 32.1. The van der Waals surface area contributed by atoms with Gasteiger partial charge in [0.2, 0.25) is 0 Å². The SMILES string of the molecule is O=C(c1cc(-c2ccccc2)c(=O)n2ccc3ccsc3c12)N1CCCCC1. The van der Waals surface area contributed by atoms with Crippen molar-refractivity contribution in [2.24, 2.45) is 0 Å². The van der Waals surface area contributed by atoms with E-state index in [-0.39, 0.29) is 11.5 Å². The summed E-state index contributed by atoms with van der Waals surface area (Å²) >= 11 is 1.57. The van der Waals surface area contributed by atoms with Crippen LogP contribution in [0.1, 0.15) is 29.6 Å². The zero-order valence-corrected chi connectivity index (χ0v) is 16.2. The topological polar surface area (TPSA) is 41.8 Å². The molecule has 4 heterocycles. The van der Waals surface area contributed by atoms with Crippen LogP contribution in [0.5, 0.6) is 0 Å². The first-order valence-corrected chi connectivity index (χ1v) is 10.5. The predicted molar refractivity (Wildman–Crippen MR) is 114 cm³/mol. The van der Waals surface area contributed by atoms with Gasteiger partial charge in [0.05, 0.1) is 15.8 Å². The first kappa shape index (κ1) is 17.2. The maximum absolute atomic E-state index is 13.5. The Labute approximate surface area is 166 Å². The summed E-state index contributed by atoms with van der Waals surface area (Å²) in [6.45, 7) is 1.57. The molecule has 4 aromatic rings. The molecule has 1 amide bonds. The van der Waals surface area contributed by atoms with E-state index in [2.05, 4.69) is 0 Å². The second-order valence-electron chi connectivity index (χ2n) is 7.24. The van der Waals surface area contributed by atoms with E-state index in [1.165, 1.54) is 6.42 Å². The van der Waals surface area contributed by atoms with Gasteiger partial charge < -0.3 is 4.90 Å². The number of piperidine rings is 1. The standard InChI is InChI=1S/C23H20N2O2S/c26-22(24-11-5-2-6-12-24)19-15-18(16-7-3-1-4-8-16)23(27)25-13-9-17-10-14-28-21(17)20(19)25/h1,3-4,7-10,13-15H,2,5-6,11-12H2. The van der Waals surface area contributed by atoms with Crippen LogP contribution in [0.4, 0.5) is 0 Å². The van der Waals surface area contributed by atoms with Crippen molar-refractivity contribution in [3.63, 3.8) is 0 Å². The summed E-state index contributed by atoms with van der Waals surface area (Å²) in [5.41, 5.74) is 2.66. The minimum absolute atomic E-state index is 0.0234. The van der Waals surface area contributed by atoms with E-state index in [9.17, 15) is 9.59 Å². The fourth-order valence-corrected chi connectivity index (χ4v) is 5.00. The molecular weight excluding hydrogens is 368 g/mol. The number of amides is 1. The lowest BCUT2D eigenvalue weighted by atomic mass is 10.0. The number of pyridine rings is 2. The number of likely N-dealkylation sites (tertiary alicyclic amines) is 1. The lowest BCUT2D eigenvalue weighted by Gasteiger charge is -2.27. The fraction of sp³-hybridized carbons (Fsp3) is 0.217. The fourth-order valence-electron chi connectivity index (χ4n) is 4.06. The Hall–Kier alpha value is -2.92. The van der Waals surface area contributed by atoms with E-state index in [1.54, 1.807) is 21.9 Å². The molecule has 140 valence electrons. The lowest BCUT2D eigenvalue weighted by Crippen LogP contribution is -2.36. The molecule has 0 saturated carbocycles. The van der Waals surface area contributed by atoms with Gasteiger partial charge in [-0.05, 0) is 53.8 Å². The van der Waals surface area contributed by atoms with Gasteiger partial charge in [-0.3, -0.25) is 14.0 Å². The lowest BCUT2D eigenvalue weighted by molar-refractivity contribution is 0.0726. The molecule has 1 aliphatic rings. The Kier molecular flexibility index (Phi) is 4.24. The number of aromatic nitrogens is 1. The highest BCUT2D eigenvalue weighted by Crippen LogP contribution is 2.30. The van der Waals surface area contributed by atoms with Gasteiger partial charge >= 0.3 is 0 Å². The predicted octanol–water partition coefficient (Wildman–Crippen LogP) is 4.81. The molecule has 0 unspecified atom stereocenters. The molecule has 1 saturated heterocycles. The first-order valence-electron chi connectivity index (χ1n) is 9.64. The molecule has 0 atom stereocenters. The highest BCUT2D eigenvalue weighted by molar-refractivity contribution is 7.18. The molecule has 0 bridgehead atoms. The van der Waals surface area contributed by atoms with Crippen LogP contribution in [0.3, 0.4) is 0 Å². The van der Waals surface area contributed by atoms with Crippen LogP contribution in [0.2, 0.25) is 0 Å². The summed E-state index contributed by atoms with van der Waals surface area (Å²) < 4.78 is 2.64. The highest BCUT2D eigenvalue weighted by Gasteiger charge is 2.24. The molecule has 4 nitrogen and oxygen atoms in total. The summed E-state index contributed by atoms with van der Waals surface area (Å²) in [6, 6.07) is 15.4. The Morgan fingerprint density at radius 2 is 1.75 bits per heavy atom. The second kappa shape index (κ2) is 6.91. The van der Waals surface area contributed by atoms with E-state index in [0.717, 1.165) is 47.1 Å². The summed E-state index contributed by atoms with van der Waals surface area (Å²) in [7, 11) is 0. The van der Waals surface area contributed by atoms with Gasteiger partial charge in [0.15, 0.2) is 0 Å². The number of fused-ring (bicyclic) bond motifs is 3. The average molecular weight is 388 g/mol. The average Bonchev–Trinajstić information content (AvgIpc) is 3.24. The molecule has 0 radical (unpaired) electrons. The third kappa shape index (κ3) is 2.74. The first-order chi connectivity index (χ1) is 13.7. The molecule has 28 heavy (non-hydrogen) atoms. The van der Waals surface area contributed by atoms with Crippen LogP contribution < -0.4 is 5.56 Å². The summed E-state index contributed by atoms with van der Waals surface area (Å²) in [5, 5.41) is 3.07. The number of thiophene rings is 1. The van der Waals surface area contributed by atoms with Crippen molar-refractivity contribution in [3.05, 3.63) is 76.0 Å². The molecule has 5 rings (SSSR count). The van der Waals surface area contributed by atoms with Gasteiger partial charge in [0.1, 0.15) is 0 Å². The Bertz CT molecular complexity index is 1230. The number of hydrogen-bond acceptors (Lipinski definition) is 3. The maximum atomic E-state index is 13.5.